The topological polar surface area (TPSA) is 46.9 Å². The fraction of sp³-hybridized carbons (Fsp3) is 0.200. The van der Waals surface area contributed by atoms with Crippen molar-refractivity contribution in [1.29, 1.82) is 0 Å². The van der Waals surface area contributed by atoms with E-state index in [0.717, 1.165) is 28.1 Å². The molecule has 1 aliphatic rings. The second-order valence-electron chi connectivity index (χ2n) is 6.34. The number of hydrogen-bond acceptors (Lipinski definition) is 3. The lowest BCUT2D eigenvalue weighted by Gasteiger charge is -2.15. The van der Waals surface area contributed by atoms with Gasteiger partial charge in [0.15, 0.2) is 0 Å². The molecule has 1 unspecified atom stereocenters. The number of benzene rings is 2. The molecule has 0 saturated heterocycles. The first-order chi connectivity index (χ1) is 12.5. The smallest absolute Gasteiger partial charge is 0.235 e. The Morgan fingerprint density at radius 3 is 2.62 bits per heavy atom. The van der Waals surface area contributed by atoms with Gasteiger partial charge in [0.25, 0.3) is 0 Å². The Balaban J connectivity index is 1.91. The SMILES string of the molecule is Cc1ccccc1-n1nc(C)c2c1NC(=O)CSC2c1ccc(F)cc1. The monoisotopic (exact) mass is 367 g/mol. The molecule has 1 amide bonds. The number of fused-ring (bicyclic) bond motifs is 1. The van der Waals surface area contributed by atoms with Crippen LogP contribution in [0.25, 0.3) is 5.69 Å². The molecule has 4 nitrogen and oxygen atoms in total. The summed E-state index contributed by atoms with van der Waals surface area (Å²) in [6, 6.07) is 14.4. The molecule has 0 spiro atoms. The van der Waals surface area contributed by atoms with Crippen molar-refractivity contribution in [3.8, 4) is 5.69 Å². The number of thioether (sulfide) groups is 1. The van der Waals surface area contributed by atoms with E-state index in [1.54, 1.807) is 16.8 Å². The van der Waals surface area contributed by atoms with E-state index in [2.05, 4.69) is 5.32 Å². The number of nitrogens with one attached hydrogen (secondary N) is 1. The predicted molar refractivity (Wildman–Crippen MR) is 102 cm³/mol. The molecule has 1 aliphatic heterocycles. The van der Waals surface area contributed by atoms with Crippen LogP contribution in [0.1, 0.15) is 27.6 Å². The van der Waals surface area contributed by atoms with Gasteiger partial charge in [-0.1, -0.05) is 30.3 Å². The molecule has 2 heterocycles. The van der Waals surface area contributed by atoms with Crippen LogP contribution >= 0.6 is 11.8 Å². The Hall–Kier alpha value is -2.60. The Kier molecular flexibility index (Phi) is 4.28. The molecule has 2 aromatic carbocycles. The summed E-state index contributed by atoms with van der Waals surface area (Å²) in [7, 11) is 0. The summed E-state index contributed by atoms with van der Waals surface area (Å²) in [5.41, 5.74) is 4.79. The number of halogens is 1. The largest absolute Gasteiger partial charge is 0.310 e. The number of para-hydroxylation sites is 1. The Bertz CT molecular complexity index is 981. The van der Waals surface area contributed by atoms with Gasteiger partial charge >= 0.3 is 0 Å². The standard InChI is InChI=1S/C20H18FN3OS/c1-12-5-3-4-6-16(12)24-20-18(13(2)23-24)19(26-11-17(25)22-20)14-7-9-15(21)10-8-14/h3-10,19H,11H2,1-2H3,(H,22,25). The number of nitrogens with zero attached hydrogens (tertiary/aromatic N) is 2. The first kappa shape index (κ1) is 16.8. The summed E-state index contributed by atoms with van der Waals surface area (Å²) in [4.78, 5) is 12.3. The van der Waals surface area contributed by atoms with Gasteiger partial charge in [0.1, 0.15) is 11.6 Å². The Labute approximate surface area is 155 Å². The van der Waals surface area contributed by atoms with Crippen LogP contribution in [-0.2, 0) is 4.79 Å². The minimum Gasteiger partial charge on any atom is -0.310 e. The molecule has 4 rings (SSSR count). The van der Waals surface area contributed by atoms with E-state index in [1.165, 1.54) is 23.9 Å². The second-order valence-corrected chi connectivity index (χ2v) is 7.43. The second kappa shape index (κ2) is 6.61. The molecule has 1 aromatic heterocycles. The lowest BCUT2D eigenvalue weighted by atomic mass is 10.0. The van der Waals surface area contributed by atoms with Crippen LogP contribution in [0.5, 0.6) is 0 Å². The predicted octanol–water partition coefficient (Wildman–Crippen LogP) is 4.40. The molecule has 0 radical (unpaired) electrons. The van der Waals surface area contributed by atoms with E-state index in [-0.39, 0.29) is 17.0 Å². The van der Waals surface area contributed by atoms with Crippen LogP contribution < -0.4 is 5.32 Å². The summed E-state index contributed by atoms with van der Waals surface area (Å²) >= 11 is 1.53. The van der Waals surface area contributed by atoms with Crippen LogP contribution in [0.15, 0.2) is 48.5 Å². The van der Waals surface area contributed by atoms with E-state index < -0.39 is 0 Å². The van der Waals surface area contributed by atoms with Crippen molar-refractivity contribution in [1.82, 2.24) is 9.78 Å². The molecule has 0 fully saturated rings. The van der Waals surface area contributed by atoms with Gasteiger partial charge in [0, 0.05) is 5.56 Å². The maximum absolute atomic E-state index is 13.4. The average molecular weight is 367 g/mol. The molecule has 1 N–H and O–H groups in total. The number of rotatable bonds is 2. The van der Waals surface area contributed by atoms with Gasteiger partial charge in [-0.05, 0) is 43.2 Å². The third kappa shape index (κ3) is 2.90. The van der Waals surface area contributed by atoms with E-state index in [0.29, 0.717) is 11.6 Å². The fourth-order valence-corrected chi connectivity index (χ4v) is 4.45. The number of aromatic nitrogens is 2. The number of carbonyl (C=O) groups excluding carboxylic acids is 1. The summed E-state index contributed by atoms with van der Waals surface area (Å²) in [5, 5.41) is 7.64. The van der Waals surface area contributed by atoms with Gasteiger partial charge in [-0.3, -0.25) is 4.79 Å². The molecule has 6 heteroatoms. The maximum Gasteiger partial charge on any atom is 0.235 e. The van der Waals surface area contributed by atoms with Crippen molar-refractivity contribution >= 4 is 23.5 Å². The minimum atomic E-state index is -0.269. The van der Waals surface area contributed by atoms with Crippen molar-refractivity contribution < 1.29 is 9.18 Å². The van der Waals surface area contributed by atoms with Crippen LogP contribution in [-0.4, -0.2) is 21.4 Å². The number of carbonyl (C=O) groups is 1. The van der Waals surface area contributed by atoms with Crippen LogP contribution in [0.4, 0.5) is 10.2 Å². The third-order valence-electron chi connectivity index (χ3n) is 4.52. The normalized spacial score (nSPS) is 16.7. The first-order valence-electron chi connectivity index (χ1n) is 8.37. The fourth-order valence-electron chi connectivity index (χ4n) is 3.26. The van der Waals surface area contributed by atoms with Crippen molar-refractivity contribution in [3.63, 3.8) is 0 Å². The van der Waals surface area contributed by atoms with Gasteiger partial charge in [0.2, 0.25) is 5.91 Å². The van der Waals surface area contributed by atoms with Gasteiger partial charge in [-0.2, -0.15) is 5.10 Å². The van der Waals surface area contributed by atoms with Crippen molar-refractivity contribution in [3.05, 3.63) is 76.7 Å². The quantitative estimate of drug-likeness (QED) is 0.730. The maximum atomic E-state index is 13.4. The molecule has 132 valence electrons. The minimum absolute atomic E-state index is 0.0596. The summed E-state index contributed by atoms with van der Waals surface area (Å²) < 4.78 is 15.2. The molecule has 0 saturated carbocycles. The highest BCUT2D eigenvalue weighted by atomic mass is 32.2. The van der Waals surface area contributed by atoms with Crippen LogP contribution in [0.2, 0.25) is 0 Å². The molecule has 3 aromatic rings. The van der Waals surface area contributed by atoms with Gasteiger partial charge in [-0.25, -0.2) is 9.07 Å². The van der Waals surface area contributed by atoms with E-state index in [1.807, 2.05) is 38.1 Å². The third-order valence-corrected chi connectivity index (χ3v) is 5.79. The average Bonchev–Trinajstić information content (AvgIpc) is 2.82. The zero-order chi connectivity index (χ0) is 18.3. The summed E-state index contributed by atoms with van der Waals surface area (Å²) in [5.74, 6) is 0.704. The van der Waals surface area contributed by atoms with Crippen molar-refractivity contribution in [2.24, 2.45) is 0 Å². The van der Waals surface area contributed by atoms with Gasteiger partial charge in [-0.15, -0.1) is 11.8 Å². The van der Waals surface area contributed by atoms with Crippen molar-refractivity contribution in [2.75, 3.05) is 11.1 Å². The molecule has 0 aliphatic carbocycles. The van der Waals surface area contributed by atoms with E-state index >= 15 is 0 Å². The number of aryl methyl sites for hydroxylation is 2. The molecule has 26 heavy (non-hydrogen) atoms. The van der Waals surface area contributed by atoms with E-state index in [4.69, 9.17) is 5.10 Å². The summed E-state index contributed by atoms with van der Waals surface area (Å²) in [6.07, 6.45) is 0. The highest BCUT2D eigenvalue weighted by molar-refractivity contribution is 8.00. The van der Waals surface area contributed by atoms with Crippen LogP contribution in [0, 0.1) is 19.7 Å². The zero-order valence-electron chi connectivity index (χ0n) is 14.5. The Morgan fingerprint density at radius 2 is 1.88 bits per heavy atom. The lowest BCUT2D eigenvalue weighted by Crippen LogP contribution is -2.16. The highest BCUT2D eigenvalue weighted by Crippen LogP contribution is 2.43. The van der Waals surface area contributed by atoms with Gasteiger partial charge < -0.3 is 5.32 Å². The molecule has 0 bridgehead atoms. The lowest BCUT2D eigenvalue weighted by molar-refractivity contribution is -0.113. The Morgan fingerprint density at radius 1 is 1.15 bits per heavy atom. The number of amides is 1. The molecule has 1 atom stereocenters. The van der Waals surface area contributed by atoms with Gasteiger partial charge in [0.05, 0.1) is 22.4 Å². The number of hydrogen-bond donors (Lipinski definition) is 1. The first-order valence-corrected chi connectivity index (χ1v) is 9.42. The molecular weight excluding hydrogens is 349 g/mol. The van der Waals surface area contributed by atoms with Crippen LogP contribution in [0.3, 0.4) is 0 Å². The highest BCUT2D eigenvalue weighted by Gasteiger charge is 2.30. The molecular formula is C20H18FN3OS. The number of anilines is 1. The zero-order valence-corrected chi connectivity index (χ0v) is 15.3. The van der Waals surface area contributed by atoms with Crippen molar-refractivity contribution in [2.45, 2.75) is 19.1 Å². The summed E-state index contributed by atoms with van der Waals surface area (Å²) in [6.45, 7) is 3.96. The van der Waals surface area contributed by atoms with E-state index in [9.17, 15) is 9.18 Å².